The molecule has 14 aromatic rings. The Bertz CT molecular complexity index is 4450. The van der Waals surface area contributed by atoms with Crippen molar-refractivity contribution in [3.63, 3.8) is 0 Å². The summed E-state index contributed by atoms with van der Waals surface area (Å²) in [6.45, 7) is 9.24. The van der Waals surface area contributed by atoms with Crippen LogP contribution in [0.4, 0.5) is 0 Å². The highest BCUT2D eigenvalue weighted by Gasteiger charge is 2.31. The van der Waals surface area contributed by atoms with E-state index in [1.807, 2.05) is 48.7 Å². The molecule has 0 bridgehead atoms. The summed E-state index contributed by atoms with van der Waals surface area (Å²) in [5.41, 5.74) is 15.6. The lowest BCUT2D eigenvalue weighted by Crippen LogP contribution is -2.09. The summed E-state index contributed by atoms with van der Waals surface area (Å²) in [6.07, 6.45) is 1.89. The molecule has 358 valence electrons. The third-order valence-corrected chi connectivity index (χ3v) is 14.7. The highest BCUT2D eigenvalue weighted by atomic mass is 16.3. The summed E-state index contributed by atoms with van der Waals surface area (Å²) in [6, 6.07) is 72.0. The molecule has 0 amide bonds. The lowest BCUT2D eigenvalue weighted by atomic mass is 9.87. The molecule has 0 aliphatic heterocycles. The molecule has 8 nitrogen and oxygen atoms in total. The molecule has 14 rings (SSSR count). The lowest BCUT2D eigenvalue weighted by molar-refractivity contribution is 0.669. The second-order valence-electron chi connectivity index (χ2n) is 20.0. The van der Waals surface area contributed by atoms with E-state index in [0.29, 0.717) is 23.4 Å². The monoisotopic (exact) mass is 967 g/mol. The lowest BCUT2D eigenvalue weighted by Gasteiger charge is -2.20. The van der Waals surface area contributed by atoms with Gasteiger partial charge in [-0.15, -0.1) is 0 Å². The topological polar surface area (TPSA) is 87.5 Å². The van der Waals surface area contributed by atoms with E-state index >= 15 is 0 Å². The van der Waals surface area contributed by atoms with E-state index in [1.165, 1.54) is 21.9 Å². The van der Waals surface area contributed by atoms with Crippen LogP contribution in [0.1, 0.15) is 50.7 Å². The Morgan fingerprint density at radius 2 is 0.840 bits per heavy atom. The van der Waals surface area contributed by atoms with E-state index in [1.54, 1.807) is 0 Å². The zero-order chi connectivity index (χ0) is 50.3. The third kappa shape index (κ3) is 7.24. The molecule has 0 spiro atoms. The van der Waals surface area contributed by atoms with Gasteiger partial charge in [-0.2, -0.15) is 9.97 Å². The van der Waals surface area contributed by atoms with E-state index < -0.39 is 0 Å². The number of hydrogen-bond acceptors (Lipinski definition) is 6. The Morgan fingerprint density at radius 1 is 0.360 bits per heavy atom. The maximum atomic E-state index is 6.22. The summed E-state index contributed by atoms with van der Waals surface area (Å²) in [5.74, 6) is 3.34. The average molecular weight is 968 g/mol. The van der Waals surface area contributed by atoms with E-state index in [9.17, 15) is 0 Å². The van der Waals surface area contributed by atoms with Crippen LogP contribution in [0, 0.1) is 0 Å². The van der Waals surface area contributed by atoms with Crippen LogP contribution in [0.15, 0.2) is 217 Å². The Balaban J connectivity index is 1.06. The summed E-state index contributed by atoms with van der Waals surface area (Å²) in [4.78, 5) is 26.8. The van der Waals surface area contributed by atoms with Crippen LogP contribution in [0.25, 0.3) is 134 Å². The molecular formula is C67H49N7O. The third-order valence-electron chi connectivity index (χ3n) is 14.7. The van der Waals surface area contributed by atoms with Crippen molar-refractivity contribution in [2.75, 3.05) is 0 Å². The number of rotatable bonds is 9. The van der Waals surface area contributed by atoms with Gasteiger partial charge >= 0.3 is 0 Å². The van der Waals surface area contributed by atoms with Crippen LogP contribution >= 0.6 is 0 Å². The zero-order valence-corrected chi connectivity index (χ0v) is 41.9. The minimum Gasteiger partial charge on any atom is -0.456 e. The molecule has 0 atom stereocenters. The number of furan rings is 1. The quantitative estimate of drug-likeness (QED) is 0.143. The average Bonchev–Trinajstić information content (AvgIpc) is 4.29. The van der Waals surface area contributed by atoms with Gasteiger partial charge in [0.15, 0.2) is 17.5 Å². The highest BCUT2D eigenvalue weighted by Crippen LogP contribution is 2.49. The second-order valence-corrected chi connectivity index (χ2v) is 20.0. The van der Waals surface area contributed by atoms with Gasteiger partial charge in [-0.25, -0.2) is 15.0 Å². The number of hydrogen-bond donors (Lipinski definition) is 0. The number of nitrogens with zero attached hydrogens (tertiary/aromatic N) is 7. The Labute approximate surface area is 433 Å². The Morgan fingerprint density at radius 3 is 1.44 bits per heavy atom. The summed E-state index contributed by atoms with van der Waals surface area (Å²) in [5, 5.41) is 6.74. The van der Waals surface area contributed by atoms with Crippen molar-refractivity contribution in [3.8, 4) is 68.2 Å². The molecule has 0 unspecified atom stereocenters. The summed E-state index contributed by atoms with van der Waals surface area (Å²) >= 11 is 0. The van der Waals surface area contributed by atoms with Crippen LogP contribution in [-0.4, -0.2) is 34.1 Å². The molecule has 0 aliphatic carbocycles. The molecule has 0 N–H and O–H groups in total. The number of para-hydroxylation sites is 3. The standard InChI is InChI=1S/C67H49N7O/c1-40(2)58-61-51-29-12-15-31-54(51)74(67-71-65(46-25-17-23-44(37-46)42-19-7-5-8-20-42)70-66(72-67)47-26-18-24-45(38-47)43-21-9-6-10-22-43)63(61)59(41(3)4)60-50-28-11-14-30-53(50)73(62(58)60)57-35-36-68-64(69-57)48-33-34-56-52(39-48)49-27-13-16-32-55(49)75-56/h5-41H,1-4H3. The van der Waals surface area contributed by atoms with Crippen molar-refractivity contribution in [1.82, 2.24) is 34.1 Å². The van der Waals surface area contributed by atoms with E-state index in [4.69, 9.17) is 29.3 Å². The summed E-state index contributed by atoms with van der Waals surface area (Å²) < 4.78 is 10.9. The van der Waals surface area contributed by atoms with Crippen molar-refractivity contribution >= 4 is 65.6 Å². The van der Waals surface area contributed by atoms with Crippen LogP contribution in [0.3, 0.4) is 0 Å². The van der Waals surface area contributed by atoms with Gasteiger partial charge in [-0.3, -0.25) is 9.13 Å². The van der Waals surface area contributed by atoms with Crippen molar-refractivity contribution in [2.45, 2.75) is 39.5 Å². The Hall–Kier alpha value is -9.53. The SMILES string of the molecule is CC(C)c1c2c3ccccc3n(-c3nc(-c4cccc(-c5ccccc5)c4)nc(-c4cccc(-c5ccccc5)c4)n3)c2c(C(C)C)c2c3ccccc3n(-c3ccnc(-c4ccc5oc6ccccc6c5c4)n3)c12. The molecular weight excluding hydrogens is 919 g/mol. The molecule has 9 aromatic carbocycles. The first-order valence-electron chi connectivity index (χ1n) is 25.7. The predicted molar refractivity (Wildman–Crippen MR) is 307 cm³/mol. The van der Waals surface area contributed by atoms with Crippen LogP contribution in [-0.2, 0) is 0 Å². The molecule has 0 fully saturated rings. The van der Waals surface area contributed by atoms with E-state index in [0.717, 1.165) is 99.5 Å². The van der Waals surface area contributed by atoms with Gasteiger partial charge in [0, 0.05) is 55.2 Å². The molecule has 75 heavy (non-hydrogen) atoms. The fraction of sp³-hybridized carbons (Fsp3) is 0.0896. The van der Waals surface area contributed by atoms with Crippen LogP contribution in [0.2, 0.25) is 0 Å². The Kier molecular flexibility index (Phi) is 10.4. The van der Waals surface area contributed by atoms with Gasteiger partial charge in [0.25, 0.3) is 0 Å². The minimum absolute atomic E-state index is 0.0712. The zero-order valence-electron chi connectivity index (χ0n) is 41.9. The van der Waals surface area contributed by atoms with Crippen molar-refractivity contribution in [2.24, 2.45) is 0 Å². The fourth-order valence-electron chi connectivity index (χ4n) is 11.5. The normalized spacial score (nSPS) is 12.0. The van der Waals surface area contributed by atoms with Crippen molar-refractivity contribution < 1.29 is 4.42 Å². The molecule has 0 aliphatic rings. The molecule has 0 radical (unpaired) electrons. The van der Waals surface area contributed by atoms with E-state index in [-0.39, 0.29) is 11.8 Å². The predicted octanol–water partition coefficient (Wildman–Crippen LogP) is 17.3. The number of fused-ring (bicyclic) bond motifs is 9. The number of benzene rings is 9. The largest absolute Gasteiger partial charge is 0.456 e. The first-order chi connectivity index (χ1) is 36.9. The first kappa shape index (κ1) is 44.2. The minimum atomic E-state index is 0.0712. The van der Waals surface area contributed by atoms with E-state index in [2.05, 4.69) is 201 Å². The maximum Gasteiger partial charge on any atom is 0.238 e. The first-order valence-corrected chi connectivity index (χ1v) is 25.7. The van der Waals surface area contributed by atoms with Gasteiger partial charge in [-0.1, -0.05) is 179 Å². The molecule has 8 heteroatoms. The van der Waals surface area contributed by atoms with Gasteiger partial charge in [0.2, 0.25) is 5.95 Å². The van der Waals surface area contributed by atoms with Crippen molar-refractivity contribution in [1.29, 1.82) is 0 Å². The van der Waals surface area contributed by atoms with Gasteiger partial charge < -0.3 is 4.42 Å². The molecule has 0 saturated heterocycles. The smallest absolute Gasteiger partial charge is 0.238 e. The van der Waals surface area contributed by atoms with Crippen LogP contribution < -0.4 is 0 Å². The molecule has 5 aromatic heterocycles. The van der Waals surface area contributed by atoms with Gasteiger partial charge in [0.05, 0.1) is 22.1 Å². The van der Waals surface area contributed by atoms with Crippen LogP contribution in [0.5, 0.6) is 0 Å². The van der Waals surface area contributed by atoms with Gasteiger partial charge in [-0.05, 0) is 99.8 Å². The number of aromatic nitrogens is 7. The highest BCUT2D eigenvalue weighted by molar-refractivity contribution is 6.24. The fourth-order valence-corrected chi connectivity index (χ4v) is 11.5. The van der Waals surface area contributed by atoms with Gasteiger partial charge in [0.1, 0.15) is 17.0 Å². The molecule has 5 heterocycles. The van der Waals surface area contributed by atoms with Crippen molar-refractivity contribution in [3.05, 3.63) is 224 Å². The second kappa shape index (κ2) is 17.6. The molecule has 0 saturated carbocycles. The maximum absolute atomic E-state index is 6.22. The summed E-state index contributed by atoms with van der Waals surface area (Å²) in [7, 11) is 0.